The first-order chi connectivity index (χ1) is 9.76. The molecule has 0 saturated carbocycles. The quantitative estimate of drug-likeness (QED) is 0.865. The summed E-state index contributed by atoms with van der Waals surface area (Å²) in [5.41, 5.74) is 1.11. The zero-order chi connectivity index (χ0) is 14.4. The van der Waals surface area contributed by atoms with Crippen LogP contribution in [0.5, 0.6) is 0 Å². The Balaban J connectivity index is 1.93. The maximum Gasteiger partial charge on any atom is 0.128 e. The van der Waals surface area contributed by atoms with Gasteiger partial charge in [0.05, 0.1) is 18.0 Å². The number of hydrogen-bond donors (Lipinski definition) is 1. The summed E-state index contributed by atoms with van der Waals surface area (Å²) < 4.78 is 5.71. The van der Waals surface area contributed by atoms with Crippen LogP contribution in [0.4, 0.5) is 11.5 Å². The van der Waals surface area contributed by atoms with E-state index in [-0.39, 0.29) is 0 Å². The van der Waals surface area contributed by atoms with Gasteiger partial charge in [-0.25, -0.2) is 4.98 Å². The third-order valence-electron chi connectivity index (χ3n) is 4.03. The van der Waals surface area contributed by atoms with Gasteiger partial charge in [-0.2, -0.15) is 0 Å². The van der Waals surface area contributed by atoms with Gasteiger partial charge in [0.15, 0.2) is 0 Å². The number of hydrogen-bond acceptors (Lipinski definition) is 4. The predicted molar refractivity (Wildman–Crippen MR) is 84.5 cm³/mol. The molecule has 2 unspecified atom stereocenters. The molecule has 1 aromatic rings. The molecule has 20 heavy (non-hydrogen) atoms. The number of pyridine rings is 1. The summed E-state index contributed by atoms with van der Waals surface area (Å²) in [6.45, 7) is 9.35. The molecule has 0 amide bonds. The second-order valence-corrected chi connectivity index (χ2v) is 5.34. The molecule has 1 aromatic heterocycles. The van der Waals surface area contributed by atoms with E-state index in [0.29, 0.717) is 12.1 Å². The Labute approximate surface area is 122 Å². The monoisotopic (exact) mass is 277 g/mol. The minimum absolute atomic E-state index is 0.407. The van der Waals surface area contributed by atoms with Crippen molar-refractivity contribution in [1.29, 1.82) is 0 Å². The van der Waals surface area contributed by atoms with E-state index in [2.05, 4.69) is 48.1 Å². The maximum atomic E-state index is 5.71. The molecular formula is C16H27N3O. The van der Waals surface area contributed by atoms with Crippen LogP contribution in [0.15, 0.2) is 18.3 Å². The molecule has 2 rings (SSSR count). The Bertz CT molecular complexity index is 389. The first-order valence-corrected chi connectivity index (χ1v) is 7.85. The van der Waals surface area contributed by atoms with Gasteiger partial charge in [0, 0.05) is 25.7 Å². The Kier molecular flexibility index (Phi) is 5.65. The normalized spacial score (nSPS) is 22.6. The molecule has 0 spiro atoms. The molecule has 4 nitrogen and oxygen atoms in total. The van der Waals surface area contributed by atoms with Crippen molar-refractivity contribution < 1.29 is 4.74 Å². The first-order valence-electron chi connectivity index (χ1n) is 7.85. The molecule has 1 saturated heterocycles. The van der Waals surface area contributed by atoms with Crippen LogP contribution in [0.3, 0.4) is 0 Å². The number of ether oxygens (including phenoxy) is 1. The SMILES string of the molecule is CCC1CC(Nc2ccc(N(CC)CC)nc2)CCO1. The third kappa shape index (κ3) is 3.85. The van der Waals surface area contributed by atoms with E-state index in [9.17, 15) is 0 Å². The number of anilines is 2. The maximum absolute atomic E-state index is 5.71. The van der Waals surface area contributed by atoms with Crippen molar-refractivity contribution in [2.24, 2.45) is 0 Å². The Morgan fingerprint density at radius 1 is 1.30 bits per heavy atom. The summed E-state index contributed by atoms with van der Waals surface area (Å²) in [5.74, 6) is 1.05. The molecule has 0 radical (unpaired) electrons. The van der Waals surface area contributed by atoms with Crippen LogP contribution in [0.2, 0.25) is 0 Å². The van der Waals surface area contributed by atoms with Gasteiger partial charge in [-0.15, -0.1) is 0 Å². The molecule has 1 aliphatic heterocycles. The van der Waals surface area contributed by atoms with E-state index >= 15 is 0 Å². The van der Waals surface area contributed by atoms with Crippen molar-refractivity contribution >= 4 is 11.5 Å². The van der Waals surface area contributed by atoms with Gasteiger partial charge in [-0.3, -0.25) is 0 Å². The summed E-state index contributed by atoms with van der Waals surface area (Å²) in [7, 11) is 0. The van der Waals surface area contributed by atoms with Gasteiger partial charge in [-0.05, 0) is 45.2 Å². The van der Waals surface area contributed by atoms with Crippen molar-refractivity contribution in [2.75, 3.05) is 29.9 Å². The summed E-state index contributed by atoms with van der Waals surface area (Å²) in [5, 5.41) is 3.59. The molecule has 2 atom stereocenters. The van der Waals surface area contributed by atoms with Crippen LogP contribution in [0.25, 0.3) is 0 Å². The van der Waals surface area contributed by atoms with Crippen LogP contribution in [0, 0.1) is 0 Å². The van der Waals surface area contributed by atoms with E-state index in [1.165, 1.54) is 0 Å². The van der Waals surface area contributed by atoms with Gasteiger partial charge in [0.1, 0.15) is 5.82 Å². The van der Waals surface area contributed by atoms with Crippen LogP contribution < -0.4 is 10.2 Å². The molecule has 1 fully saturated rings. The smallest absolute Gasteiger partial charge is 0.128 e. The van der Waals surface area contributed by atoms with E-state index < -0.39 is 0 Å². The highest BCUT2D eigenvalue weighted by molar-refractivity contribution is 5.49. The lowest BCUT2D eigenvalue weighted by molar-refractivity contribution is 0.00925. The molecule has 0 bridgehead atoms. The van der Waals surface area contributed by atoms with Crippen molar-refractivity contribution in [2.45, 2.75) is 52.2 Å². The minimum Gasteiger partial charge on any atom is -0.381 e. The average Bonchev–Trinajstić information content (AvgIpc) is 2.50. The highest BCUT2D eigenvalue weighted by Crippen LogP contribution is 2.21. The highest BCUT2D eigenvalue weighted by atomic mass is 16.5. The zero-order valence-electron chi connectivity index (χ0n) is 12.9. The fraction of sp³-hybridized carbons (Fsp3) is 0.688. The standard InChI is InChI=1S/C16H27N3O/c1-4-15-11-13(9-10-20-15)18-14-7-8-16(17-12-14)19(5-2)6-3/h7-8,12-13,15,18H,4-6,9-11H2,1-3H3. The Morgan fingerprint density at radius 3 is 2.70 bits per heavy atom. The average molecular weight is 277 g/mol. The number of rotatable bonds is 6. The molecular weight excluding hydrogens is 250 g/mol. The predicted octanol–water partition coefficient (Wildman–Crippen LogP) is 3.30. The summed E-state index contributed by atoms with van der Waals surface area (Å²) in [6, 6.07) is 4.75. The van der Waals surface area contributed by atoms with E-state index in [0.717, 1.165) is 50.5 Å². The highest BCUT2D eigenvalue weighted by Gasteiger charge is 2.21. The van der Waals surface area contributed by atoms with Crippen molar-refractivity contribution in [3.63, 3.8) is 0 Å². The van der Waals surface area contributed by atoms with E-state index in [4.69, 9.17) is 4.74 Å². The minimum atomic E-state index is 0.407. The lowest BCUT2D eigenvalue weighted by atomic mass is 10.0. The summed E-state index contributed by atoms with van der Waals surface area (Å²) in [4.78, 5) is 6.81. The Hall–Kier alpha value is -1.29. The van der Waals surface area contributed by atoms with Crippen molar-refractivity contribution in [3.05, 3.63) is 18.3 Å². The molecule has 1 aliphatic rings. The number of aromatic nitrogens is 1. The summed E-state index contributed by atoms with van der Waals surface area (Å²) >= 11 is 0. The molecule has 112 valence electrons. The first kappa shape index (κ1) is 15.1. The summed E-state index contributed by atoms with van der Waals surface area (Å²) in [6.07, 6.45) is 5.62. The molecule has 1 N–H and O–H groups in total. The largest absolute Gasteiger partial charge is 0.381 e. The second-order valence-electron chi connectivity index (χ2n) is 5.34. The lowest BCUT2D eigenvalue weighted by Gasteiger charge is -2.30. The Morgan fingerprint density at radius 2 is 2.10 bits per heavy atom. The molecule has 0 aromatic carbocycles. The van der Waals surface area contributed by atoms with Crippen LogP contribution in [-0.4, -0.2) is 36.8 Å². The van der Waals surface area contributed by atoms with Crippen LogP contribution in [-0.2, 0) is 4.74 Å². The van der Waals surface area contributed by atoms with Crippen LogP contribution in [0.1, 0.15) is 40.0 Å². The fourth-order valence-corrected chi connectivity index (χ4v) is 2.74. The van der Waals surface area contributed by atoms with E-state index in [1.807, 2.05) is 6.20 Å². The van der Waals surface area contributed by atoms with Crippen molar-refractivity contribution in [1.82, 2.24) is 4.98 Å². The number of nitrogens with one attached hydrogen (secondary N) is 1. The van der Waals surface area contributed by atoms with E-state index in [1.54, 1.807) is 0 Å². The topological polar surface area (TPSA) is 37.4 Å². The van der Waals surface area contributed by atoms with Gasteiger partial charge < -0.3 is 15.0 Å². The molecule has 4 heteroatoms. The second kappa shape index (κ2) is 7.48. The van der Waals surface area contributed by atoms with Gasteiger partial charge >= 0.3 is 0 Å². The van der Waals surface area contributed by atoms with Gasteiger partial charge in [0.2, 0.25) is 0 Å². The fourth-order valence-electron chi connectivity index (χ4n) is 2.74. The number of nitrogens with zero attached hydrogens (tertiary/aromatic N) is 2. The lowest BCUT2D eigenvalue weighted by Crippen LogP contribution is -2.33. The van der Waals surface area contributed by atoms with Gasteiger partial charge in [-0.1, -0.05) is 6.92 Å². The van der Waals surface area contributed by atoms with Gasteiger partial charge in [0.25, 0.3) is 0 Å². The third-order valence-corrected chi connectivity index (χ3v) is 4.03. The van der Waals surface area contributed by atoms with Crippen LogP contribution >= 0.6 is 0 Å². The molecule has 2 heterocycles. The zero-order valence-corrected chi connectivity index (χ0v) is 12.9. The molecule has 0 aliphatic carbocycles. The van der Waals surface area contributed by atoms with Crippen molar-refractivity contribution in [3.8, 4) is 0 Å².